The van der Waals surface area contributed by atoms with Crippen LogP contribution in [0.1, 0.15) is 12.8 Å². The minimum absolute atomic E-state index is 0.0637. The minimum atomic E-state index is -1.65. The van der Waals surface area contributed by atoms with Gasteiger partial charge in [-0.3, -0.25) is 0 Å². The number of carbonyl (C=O) groups is 1. The van der Waals surface area contributed by atoms with Crippen LogP contribution in [0.5, 0.6) is 0 Å². The Balaban J connectivity index is 2.40. The van der Waals surface area contributed by atoms with Gasteiger partial charge in [0.2, 0.25) is 9.68 Å². The van der Waals surface area contributed by atoms with Gasteiger partial charge in [-0.25, -0.2) is 10.1 Å². The fourth-order valence-electron chi connectivity index (χ4n) is 0.718. The topological polar surface area (TPSA) is 77.2 Å². The molecular weight excluding hydrogens is 280 g/mol. The first-order valence-electron chi connectivity index (χ1n) is 4.23. The fraction of sp³-hybridized carbons (Fsp3) is 0.571. The van der Waals surface area contributed by atoms with Crippen LogP contribution in [-0.2, 0) is 11.2 Å². The van der Waals surface area contributed by atoms with Crippen molar-refractivity contribution in [3.8, 4) is 0 Å². The summed E-state index contributed by atoms with van der Waals surface area (Å²) in [5, 5.41) is 9.37. The third-order valence-corrected chi connectivity index (χ3v) is 1.67. The van der Waals surface area contributed by atoms with Gasteiger partial charge in [0.25, 0.3) is 0 Å². The molecule has 0 fully saturated rings. The van der Waals surface area contributed by atoms with Crippen LogP contribution < -0.4 is 5.32 Å². The zero-order valence-corrected chi connectivity index (χ0v) is 10.4. The van der Waals surface area contributed by atoms with Crippen molar-refractivity contribution in [1.82, 2.24) is 10.2 Å². The molecule has 0 spiro atoms. The molecule has 9 heteroatoms. The number of amides is 1. The number of halogens is 3. The molecule has 1 aromatic rings. The molecule has 1 heterocycles. The molecule has 0 radical (unpaired) electrons. The van der Waals surface area contributed by atoms with Crippen molar-refractivity contribution in [2.24, 2.45) is 0 Å². The predicted molar refractivity (Wildman–Crippen MR) is 58.9 cm³/mol. The van der Waals surface area contributed by atoms with E-state index in [4.69, 9.17) is 39.2 Å². The largest absolute Gasteiger partial charge is 0.445 e. The molecule has 90 valence electrons. The summed E-state index contributed by atoms with van der Waals surface area (Å²) in [7, 11) is 0. The van der Waals surface area contributed by atoms with Crippen LogP contribution in [0, 0.1) is 0 Å². The maximum atomic E-state index is 11.1. The van der Waals surface area contributed by atoms with E-state index < -0.39 is 9.89 Å². The molecule has 16 heavy (non-hydrogen) atoms. The molecule has 1 N–H and O–H groups in total. The second-order valence-electron chi connectivity index (χ2n) is 2.67. The molecule has 0 atom stereocenters. The van der Waals surface area contributed by atoms with Gasteiger partial charge in [0.15, 0.2) is 0 Å². The van der Waals surface area contributed by atoms with Crippen molar-refractivity contribution in [2.45, 2.75) is 17.1 Å². The summed E-state index contributed by atoms with van der Waals surface area (Å²) in [5.74, 6) is 0.400. The van der Waals surface area contributed by atoms with Crippen molar-refractivity contribution < 1.29 is 13.9 Å². The molecule has 0 bridgehead atoms. The van der Waals surface area contributed by atoms with E-state index in [9.17, 15) is 4.79 Å². The van der Waals surface area contributed by atoms with E-state index >= 15 is 0 Å². The van der Waals surface area contributed by atoms with Gasteiger partial charge in [-0.1, -0.05) is 46.8 Å². The molecule has 6 nitrogen and oxygen atoms in total. The monoisotopic (exact) mass is 287 g/mol. The van der Waals surface area contributed by atoms with Crippen molar-refractivity contribution in [3.05, 3.63) is 5.89 Å². The van der Waals surface area contributed by atoms with Crippen molar-refractivity contribution in [1.29, 1.82) is 0 Å². The Morgan fingerprint density at radius 3 is 2.69 bits per heavy atom. The molecule has 1 aromatic heterocycles. The molecule has 0 aliphatic heterocycles. The average molecular weight is 289 g/mol. The first-order chi connectivity index (χ1) is 7.40. The van der Waals surface area contributed by atoms with Crippen LogP contribution in [0.3, 0.4) is 0 Å². The summed E-state index contributed by atoms with van der Waals surface area (Å²) in [5.41, 5.74) is 0. The summed E-state index contributed by atoms with van der Waals surface area (Å²) in [6.45, 7) is 1.46. The van der Waals surface area contributed by atoms with Crippen LogP contribution in [0.4, 0.5) is 10.8 Å². The van der Waals surface area contributed by atoms with E-state index in [1.807, 2.05) is 6.92 Å². The third kappa shape index (κ3) is 4.87. The average Bonchev–Trinajstić information content (AvgIpc) is 2.61. The maximum absolute atomic E-state index is 11.1. The lowest BCUT2D eigenvalue weighted by molar-refractivity contribution is 0.163. The lowest BCUT2D eigenvalue weighted by Crippen LogP contribution is -2.21. The van der Waals surface area contributed by atoms with Crippen molar-refractivity contribution in [3.63, 3.8) is 0 Å². The predicted octanol–water partition coefficient (Wildman–Crippen LogP) is 2.55. The van der Waals surface area contributed by atoms with E-state index in [0.29, 0.717) is 12.3 Å². The number of nitrogens with zero attached hydrogens (tertiary/aromatic N) is 2. The van der Waals surface area contributed by atoms with Gasteiger partial charge in [0.05, 0.1) is 0 Å². The van der Waals surface area contributed by atoms with Gasteiger partial charge in [-0.15, -0.1) is 5.10 Å². The number of hydrogen-bond acceptors (Lipinski definition) is 5. The number of carbonyl (C=O) groups excluding carboxylic acids is 1. The van der Waals surface area contributed by atoms with Gasteiger partial charge in [-0.05, 0) is 0 Å². The van der Waals surface area contributed by atoms with Crippen molar-refractivity contribution in [2.75, 3.05) is 11.9 Å². The first-order valence-corrected chi connectivity index (χ1v) is 5.37. The molecule has 0 saturated carbocycles. The number of nitrogens with one attached hydrogen (secondary N) is 1. The van der Waals surface area contributed by atoms with Gasteiger partial charge >= 0.3 is 12.1 Å². The summed E-state index contributed by atoms with van der Waals surface area (Å²) in [6.07, 6.45) is -0.268. The Morgan fingerprint density at radius 2 is 2.19 bits per heavy atom. The molecule has 1 amide bonds. The number of aryl methyl sites for hydroxylation is 1. The highest BCUT2D eigenvalue weighted by Gasteiger charge is 2.22. The standard InChI is InChI=1S/C7H8Cl3N3O3/c1-2-4-12-13-5(16-4)11-6(14)15-3-7(8,9)10/h2-3H2,1H3,(H,11,13,14). The summed E-state index contributed by atoms with van der Waals surface area (Å²) in [4.78, 5) is 11.1. The van der Waals surface area contributed by atoms with Crippen LogP contribution in [-0.4, -0.2) is 26.7 Å². The summed E-state index contributed by atoms with van der Waals surface area (Å²) in [6, 6.07) is -0.0637. The number of hydrogen-bond donors (Lipinski definition) is 1. The minimum Gasteiger partial charge on any atom is -0.445 e. The second-order valence-corrected chi connectivity index (χ2v) is 5.19. The number of aromatic nitrogens is 2. The van der Waals surface area contributed by atoms with Crippen LogP contribution in [0.15, 0.2) is 4.42 Å². The second kappa shape index (κ2) is 5.56. The zero-order valence-electron chi connectivity index (χ0n) is 8.17. The van der Waals surface area contributed by atoms with Gasteiger partial charge in [0.1, 0.15) is 6.61 Å². The molecule has 1 rings (SSSR count). The van der Waals surface area contributed by atoms with E-state index in [1.54, 1.807) is 0 Å². The van der Waals surface area contributed by atoms with E-state index in [2.05, 4.69) is 20.3 Å². The number of rotatable bonds is 3. The van der Waals surface area contributed by atoms with Crippen LogP contribution >= 0.6 is 34.8 Å². The molecule has 0 aliphatic rings. The Labute approximate surface area is 106 Å². The van der Waals surface area contributed by atoms with Gasteiger partial charge < -0.3 is 9.15 Å². The third-order valence-electron chi connectivity index (χ3n) is 1.35. The Bertz CT molecular complexity index is 363. The number of ether oxygens (including phenoxy) is 1. The summed E-state index contributed by atoms with van der Waals surface area (Å²) >= 11 is 16.1. The van der Waals surface area contributed by atoms with E-state index in [1.165, 1.54) is 0 Å². The molecule has 0 saturated heterocycles. The Hall–Kier alpha value is -0.720. The fourth-order valence-corrected chi connectivity index (χ4v) is 0.881. The highest BCUT2D eigenvalue weighted by atomic mass is 35.6. The van der Waals surface area contributed by atoms with E-state index in [0.717, 1.165) is 0 Å². The quantitative estimate of drug-likeness (QED) is 0.865. The first kappa shape index (κ1) is 13.3. The molecule has 0 unspecified atom stereocenters. The molecule has 0 aliphatic carbocycles. The smallest absolute Gasteiger partial charge is 0.415 e. The van der Waals surface area contributed by atoms with Gasteiger partial charge in [-0.2, -0.15) is 0 Å². The van der Waals surface area contributed by atoms with Crippen molar-refractivity contribution >= 4 is 46.9 Å². The normalized spacial score (nSPS) is 11.2. The van der Waals surface area contributed by atoms with Crippen LogP contribution in [0.2, 0.25) is 0 Å². The Morgan fingerprint density at radius 1 is 1.50 bits per heavy atom. The SMILES string of the molecule is CCc1nnc(NC(=O)OCC(Cl)(Cl)Cl)o1. The lowest BCUT2D eigenvalue weighted by Gasteiger charge is -2.10. The number of alkyl halides is 3. The Kier molecular flexibility index (Phi) is 4.64. The zero-order chi connectivity index (χ0) is 12.2. The summed E-state index contributed by atoms with van der Waals surface area (Å²) < 4.78 is 7.93. The van der Waals surface area contributed by atoms with Gasteiger partial charge in [0, 0.05) is 6.42 Å². The maximum Gasteiger partial charge on any atom is 0.415 e. The highest BCUT2D eigenvalue weighted by molar-refractivity contribution is 6.67. The number of anilines is 1. The van der Waals surface area contributed by atoms with E-state index in [-0.39, 0.29) is 12.6 Å². The highest BCUT2D eigenvalue weighted by Crippen LogP contribution is 2.25. The molecular formula is C7H8Cl3N3O3. The molecule has 0 aromatic carbocycles. The van der Waals surface area contributed by atoms with Crippen LogP contribution in [0.25, 0.3) is 0 Å². The lowest BCUT2D eigenvalue weighted by atomic mass is 10.5.